The van der Waals surface area contributed by atoms with Gasteiger partial charge < -0.3 is 15.0 Å². The Morgan fingerprint density at radius 2 is 1.63 bits per heavy atom. The molecule has 0 amide bonds. The average molecular weight is 271 g/mol. The van der Waals surface area contributed by atoms with E-state index in [-0.39, 0.29) is 11.1 Å². The SMILES string of the molecule is COC(C)(C)CCNCC(C)(C)N1CCN(C)CC1. The molecular weight excluding hydrogens is 238 g/mol. The highest BCUT2D eigenvalue weighted by Crippen LogP contribution is 2.16. The van der Waals surface area contributed by atoms with Crippen molar-refractivity contribution in [3.63, 3.8) is 0 Å². The van der Waals surface area contributed by atoms with E-state index in [1.54, 1.807) is 7.11 Å². The van der Waals surface area contributed by atoms with Gasteiger partial charge >= 0.3 is 0 Å². The molecule has 0 saturated carbocycles. The van der Waals surface area contributed by atoms with Crippen molar-refractivity contribution in [2.75, 3.05) is 53.4 Å². The number of nitrogens with zero attached hydrogens (tertiary/aromatic N) is 2. The summed E-state index contributed by atoms with van der Waals surface area (Å²) in [5.74, 6) is 0. The highest BCUT2D eigenvalue weighted by Gasteiger charge is 2.28. The van der Waals surface area contributed by atoms with Gasteiger partial charge in [0.2, 0.25) is 0 Å². The molecule has 1 aliphatic rings. The fraction of sp³-hybridized carbons (Fsp3) is 1.00. The molecule has 1 saturated heterocycles. The summed E-state index contributed by atoms with van der Waals surface area (Å²) in [6.45, 7) is 15.7. The lowest BCUT2D eigenvalue weighted by molar-refractivity contribution is 0.0140. The molecule has 114 valence electrons. The van der Waals surface area contributed by atoms with Gasteiger partial charge in [-0.25, -0.2) is 0 Å². The Morgan fingerprint density at radius 3 is 2.16 bits per heavy atom. The monoisotopic (exact) mass is 271 g/mol. The standard InChI is InChI=1S/C15H33N3O/c1-14(2,18-11-9-17(5)10-12-18)13-16-8-7-15(3,4)19-6/h16H,7-13H2,1-6H3. The Bertz CT molecular complexity index is 258. The first-order chi connectivity index (χ1) is 8.77. The van der Waals surface area contributed by atoms with Crippen molar-refractivity contribution in [3.8, 4) is 0 Å². The van der Waals surface area contributed by atoms with Gasteiger partial charge in [-0.3, -0.25) is 4.90 Å². The molecule has 1 N–H and O–H groups in total. The molecule has 0 bridgehead atoms. The zero-order valence-corrected chi connectivity index (χ0v) is 13.8. The van der Waals surface area contributed by atoms with Crippen molar-refractivity contribution >= 4 is 0 Å². The minimum Gasteiger partial charge on any atom is -0.379 e. The number of rotatable bonds is 7. The lowest BCUT2D eigenvalue weighted by atomic mass is 10.0. The lowest BCUT2D eigenvalue weighted by Gasteiger charge is -2.43. The predicted octanol–water partition coefficient (Wildman–Crippen LogP) is 1.42. The predicted molar refractivity (Wildman–Crippen MR) is 81.7 cm³/mol. The molecule has 0 radical (unpaired) electrons. The zero-order valence-electron chi connectivity index (χ0n) is 13.8. The lowest BCUT2D eigenvalue weighted by Crippen LogP contribution is -2.57. The number of methoxy groups -OCH3 is 1. The Balaban J connectivity index is 2.27. The number of ether oxygens (including phenoxy) is 1. The van der Waals surface area contributed by atoms with Crippen LogP contribution >= 0.6 is 0 Å². The molecule has 1 aliphatic heterocycles. The van der Waals surface area contributed by atoms with E-state index in [1.807, 2.05) is 0 Å². The second-order valence-electron chi connectivity index (χ2n) is 6.99. The summed E-state index contributed by atoms with van der Waals surface area (Å²) in [5.41, 5.74) is 0.212. The Labute approximate surface area is 119 Å². The summed E-state index contributed by atoms with van der Waals surface area (Å²) in [6.07, 6.45) is 1.04. The second kappa shape index (κ2) is 7.02. The molecule has 4 heteroatoms. The summed E-state index contributed by atoms with van der Waals surface area (Å²) in [5, 5.41) is 3.59. The number of nitrogens with one attached hydrogen (secondary N) is 1. The van der Waals surface area contributed by atoms with Gasteiger partial charge in [0, 0.05) is 45.4 Å². The van der Waals surface area contributed by atoms with Crippen LogP contribution in [0.15, 0.2) is 0 Å². The van der Waals surface area contributed by atoms with Crippen LogP contribution in [-0.4, -0.2) is 74.4 Å². The molecule has 1 fully saturated rings. The third-order valence-electron chi connectivity index (χ3n) is 4.37. The third-order valence-corrected chi connectivity index (χ3v) is 4.37. The normalized spacial score (nSPS) is 19.9. The maximum absolute atomic E-state index is 5.44. The molecule has 0 aromatic carbocycles. The molecule has 0 spiro atoms. The zero-order chi connectivity index (χ0) is 14.5. The van der Waals surface area contributed by atoms with Crippen LogP contribution in [0.4, 0.5) is 0 Å². The number of hydrogen-bond acceptors (Lipinski definition) is 4. The molecule has 1 heterocycles. The van der Waals surface area contributed by atoms with Gasteiger partial charge in [-0.2, -0.15) is 0 Å². The molecule has 0 atom stereocenters. The van der Waals surface area contributed by atoms with Gasteiger partial charge in [0.1, 0.15) is 0 Å². The minimum absolute atomic E-state index is 0.0228. The summed E-state index contributed by atoms with van der Waals surface area (Å²) in [6, 6.07) is 0. The molecule has 19 heavy (non-hydrogen) atoms. The Morgan fingerprint density at radius 1 is 1.05 bits per heavy atom. The van der Waals surface area contributed by atoms with E-state index in [0.717, 1.165) is 19.5 Å². The largest absolute Gasteiger partial charge is 0.379 e. The van der Waals surface area contributed by atoms with E-state index in [2.05, 4.69) is 49.9 Å². The smallest absolute Gasteiger partial charge is 0.0634 e. The fourth-order valence-electron chi connectivity index (χ4n) is 2.41. The van der Waals surface area contributed by atoms with E-state index in [1.165, 1.54) is 26.2 Å². The highest BCUT2D eigenvalue weighted by molar-refractivity contribution is 4.87. The first-order valence-electron chi connectivity index (χ1n) is 7.46. The Hall–Kier alpha value is -0.160. The maximum Gasteiger partial charge on any atom is 0.0634 e. The topological polar surface area (TPSA) is 27.7 Å². The van der Waals surface area contributed by atoms with Crippen molar-refractivity contribution in [1.82, 2.24) is 15.1 Å². The van der Waals surface area contributed by atoms with Crippen LogP contribution in [0.5, 0.6) is 0 Å². The van der Waals surface area contributed by atoms with Gasteiger partial charge in [0.25, 0.3) is 0 Å². The molecule has 0 aromatic heterocycles. The number of likely N-dealkylation sites (N-methyl/N-ethyl adjacent to an activating group) is 1. The molecule has 0 unspecified atom stereocenters. The van der Waals surface area contributed by atoms with Gasteiger partial charge in [-0.05, 0) is 47.7 Å². The molecular formula is C15H33N3O. The highest BCUT2D eigenvalue weighted by atomic mass is 16.5. The van der Waals surface area contributed by atoms with Crippen molar-refractivity contribution in [2.45, 2.75) is 45.3 Å². The molecule has 1 rings (SSSR count). The van der Waals surface area contributed by atoms with Crippen LogP contribution < -0.4 is 5.32 Å². The van der Waals surface area contributed by atoms with Crippen molar-refractivity contribution in [2.24, 2.45) is 0 Å². The first-order valence-corrected chi connectivity index (χ1v) is 7.46. The number of piperazine rings is 1. The first kappa shape index (κ1) is 16.9. The summed E-state index contributed by atoms with van der Waals surface area (Å²) < 4.78 is 5.44. The van der Waals surface area contributed by atoms with Gasteiger partial charge in [0.15, 0.2) is 0 Å². The Kier molecular flexibility index (Phi) is 6.24. The van der Waals surface area contributed by atoms with Crippen molar-refractivity contribution in [1.29, 1.82) is 0 Å². The van der Waals surface area contributed by atoms with Crippen LogP contribution in [0.2, 0.25) is 0 Å². The van der Waals surface area contributed by atoms with E-state index in [9.17, 15) is 0 Å². The van der Waals surface area contributed by atoms with Crippen LogP contribution in [0.25, 0.3) is 0 Å². The third kappa shape index (κ3) is 5.78. The number of hydrogen-bond donors (Lipinski definition) is 1. The van der Waals surface area contributed by atoms with Crippen LogP contribution in [0.3, 0.4) is 0 Å². The molecule has 4 nitrogen and oxygen atoms in total. The summed E-state index contributed by atoms with van der Waals surface area (Å²) >= 11 is 0. The van der Waals surface area contributed by atoms with Crippen LogP contribution in [0, 0.1) is 0 Å². The average Bonchev–Trinajstić information content (AvgIpc) is 2.35. The second-order valence-corrected chi connectivity index (χ2v) is 6.99. The van der Waals surface area contributed by atoms with E-state index < -0.39 is 0 Å². The van der Waals surface area contributed by atoms with Crippen LogP contribution in [0.1, 0.15) is 34.1 Å². The summed E-state index contributed by atoms with van der Waals surface area (Å²) in [7, 11) is 3.99. The van der Waals surface area contributed by atoms with Crippen LogP contribution in [-0.2, 0) is 4.74 Å². The van der Waals surface area contributed by atoms with Gasteiger partial charge in [-0.15, -0.1) is 0 Å². The molecule has 0 aromatic rings. The summed E-state index contributed by atoms with van der Waals surface area (Å²) in [4.78, 5) is 5.00. The molecule has 0 aliphatic carbocycles. The van der Waals surface area contributed by atoms with E-state index >= 15 is 0 Å². The maximum atomic E-state index is 5.44. The quantitative estimate of drug-likeness (QED) is 0.709. The van der Waals surface area contributed by atoms with Gasteiger partial charge in [0.05, 0.1) is 5.60 Å². The van der Waals surface area contributed by atoms with Crippen molar-refractivity contribution in [3.05, 3.63) is 0 Å². The van der Waals surface area contributed by atoms with Gasteiger partial charge in [-0.1, -0.05) is 0 Å². The minimum atomic E-state index is -0.0228. The van der Waals surface area contributed by atoms with E-state index in [4.69, 9.17) is 4.74 Å². The van der Waals surface area contributed by atoms with Crippen molar-refractivity contribution < 1.29 is 4.74 Å². The fourth-order valence-corrected chi connectivity index (χ4v) is 2.41. The van der Waals surface area contributed by atoms with E-state index in [0.29, 0.717) is 0 Å².